The molecule has 28 heavy (non-hydrogen) atoms. The molecule has 0 saturated carbocycles. The van der Waals surface area contributed by atoms with Crippen LogP contribution < -0.4 is 4.90 Å². The van der Waals surface area contributed by atoms with Crippen LogP contribution in [0.25, 0.3) is 11.2 Å². The van der Waals surface area contributed by atoms with Gasteiger partial charge in [0.15, 0.2) is 5.65 Å². The molecular weight excluding hydrogens is 350 g/mol. The lowest BCUT2D eigenvalue weighted by Gasteiger charge is -2.35. The van der Waals surface area contributed by atoms with Crippen LogP contribution in [0.5, 0.6) is 0 Å². The number of β-amino-alcohol motifs (C(OH)–C–C–N with tert-alkyl or cyclic N) is 1. The van der Waals surface area contributed by atoms with Crippen molar-refractivity contribution in [2.24, 2.45) is 5.92 Å². The molecule has 6 nitrogen and oxygen atoms in total. The normalized spacial score (nSPS) is 16.9. The number of aromatic nitrogens is 3. The van der Waals surface area contributed by atoms with Crippen LogP contribution in [0, 0.1) is 5.92 Å². The summed E-state index contributed by atoms with van der Waals surface area (Å²) in [5.41, 5.74) is 2.51. The van der Waals surface area contributed by atoms with Crippen molar-refractivity contribution in [3.8, 4) is 0 Å². The molecule has 1 aliphatic rings. The Labute approximate surface area is 165 Å². The fourth-order valence-corrected chi connectivity index (χ4v) is 3.91. The summed E-state index contributed by atoms with van der Waals surface area (Å²) in [7, 11) is 2.09. The van der Waals surface area contributed by atoms with Gasteiger partial charge in [-0.3, -0.25) is 4.98 Å². The summed E-state index contributed by atoms with van der Waals surface area (Å²) in [5, 5.41) is 10.5. The first kappa shape index (κ1) is 18.8. The van der Waals surface area contributed by atoms with Gasteiger partial charge in [-0.1, -0.05) is 30.3 Å². The number of likely N-dealkylation sites (tertiary alicyclic amines) is 1. The molecule has 4 rings (SSSR count). The fourth-order valence-electron chi connectivity index (χ4n) is 3.91. The van der Waals surface area contributed by atoms with Crippen LogP contribution in [0.1, 0.15) is 24.5 Å². The molecule has 0 bridgehead atoms. The number of anilines is 1. The van der Waals surface area contributed by atoms with Gasteiger partial charge in [-0.15, -0.1) is 0 Å². The van der Waals surface area contributed by atoms with Crippen molar-refractivity contribution in [2.45, 2.75) is 18.9 Å². The number of nitrogens with zero attached hydrogens (tertiary/aromatic N) is 5. The smallest absolute Gasteiger partial charge is 0.180 e. The summed E-state index contributed by atoms with van der Waals surface area (Å²) >= 11 is 0. The number of piperidine rings is 1. The summed E-state index contributed by atoms with van der Waals surface area (Å²) in [5.74, 6) is 1.57. The largest absolute Gasteiger partial charge is 0.387 e. The second kappa shape index (κ2) is 8.63. The number of benzene rings is 1. The van der Waals surface area contributed by atoms with Gasteiger partial charge in [-0.2, -0.15) is 0 Å². The molecule has 1 N–H and O–H groups in total. The van der Waals surface area contributed by atoms with E-state index >= 15 is 0 Å². The number of aliphatic hydroxyl groups excluding tert-OH is 1. The Morgan fingerprint density at radius 2 is 1.82 bits per heavy atom. The Hall–Kier alpha value is -2.57. The number of pyridine rings is 1. The summed E-state index contributed by atoms with van der Waals surface area (Å²) in [6.07, 6.45) is 5.23. The topological polar surface area (TPSA) is 65.4 Å². The Kier molecular flexibility index (Phi) is 5.78. The van der Waals surface area contributed by atoms with E-state index in [1.54, 1.807) is 12.4 Å². The van der Waals surface area contributed by atoms with Crippen LogP contribution in [-0.2, 0) is 0 Å². The third kappa shape index (κ3) is 4.46. The van der Waals surface area contributed by atoms with Crippen LogP contribution in [0.3, 0.4) is 0 Å². The van der Waals surface area contributed by atoms with Crippen molar-refractivity contribution < 1.29 is 5.11 Å². The van der Waals surface area contributed by atoms with E-state index in [9.17, 15) is 5.11 Å². The number of fused-ring (bicyclic) bond motifs is 1. The molecule has 1 aliphatic heterocycles. The fraction of sp³-hybridized carbons (Fsp3) is 0.409. The Bertz CT molecular complexity index is 896. The predicted molar refractivity (Wildman–Crippen MR) is 111 cm³/mol. The van der Waals surface area contributed by atoms with Gasteiger partial charge in [-0.25, -0.2) is 9.97 Å². The molecular formula is C22H27N5O. The lowest BCUT2D eigenvalue weighted by atomic mass is 9.95. The first-order chi connectivity index (χ1) is 13.7. The van der Waals surface area contributed by atoms with Crippen LogP contribution in [0.15, 0.2) is 54.9 Å². The van der Waals surface area contributed by atoms with Gasteiger partial charge >= 0.3 is 0 Å². The lowest BCUT2D eigenvalue weighted by molar-refractivity contribution is 0.0902. The molecule has 1 unspecified atom stereocenters. The van der Waals surface area contributed by atoms with Crippen LogP contribution in [-0.4, -0.2) is 58.2 Å². The summed E-state index contributed by atoms with van der Waals surface area (Å²) in [6.45, 7) is 3.74. The van der Waals surface area contributed by atoms with E-state index in [1.165, 1.54) is 0 Å². The van der Waals surface area contributed by atoms with E-state index in [-0.39, 0.29) is 0 Å². The molecule has 146 valence electrons. The van der Waals surface area contributed by atoms with Crippen molar-refractivity contribution in [3.63, 3.8) is 0 Å². The third-order valence-electron chi connectivity index (χ3n) is 5.56. The molecule has 0 aliphatic carbocycles. The quantitative estimate of drug-likeness (QED) is 0.713. The highest BCUT2D eigenvalue weighted by Gasteiger charge is 2.23. The number of hydrogen-bond acceptors (Lipinski definition) is 6. The molecule has 1 atom stereocenters. The van der Waals surface area contributed by atoms with E-state index in [0.29, 0.717) is 18.1 Å². The van der Waals surface area contributed by atoms with Gasteiger partial charge in [-0.05, 0) is 49.5 Å². The number of hydrogen-bond donors (Lipinski definition) is 1. The van der Waals surface area contributed by atoms with Crippen molar-refractivity contribution >= 4 is 17.0 Å². The molecule has 3 aromatic rings. The van der Waals surface area contributed by atoms with Gasteiger partial charge < -0.3 is 14.9 Å². The van der Waals surface area contributed by atoms with Gasteiger partial charge in [0.1, 0.15) is 11.3 Å². The van der Waals surface area contributed by atoms with E-state index in [1.807, 2.05) is 42.5 Å². The predicted octanol–water partition coefficient (Wildman–Crippen LogP) is 2.91. The first-order valence-electron chi connectivity index (χ1n) is 9.93. The Morgan fingerprint density at radius 3 is 2.61 bits per heavy atom. The van der Waals surface area contributed by atoms with Crippen molar-refractivity contribution in [3.05, 3.63) is 60.4 Å². The lowest BCUT2D eigenvalue weighted by Crippen LogP contribution is -2.39. The Morgan fingerprint density at radius 1 is 1.07 bits per heavy atom. The highest BCUT2D eigenvalue weighted by molar-refractivity contribution is 5.71. The van der Waals surface area contributed by atoms with Gasteiger partial charge in [0, 0.05) is 32.5 Å². The molecule has 6 heteroatoms. The molecule has 0 spiro atoms. The Balaban J connectivity index is 1.28. The maximum Gasteiger partial charge on any atom is 0.180 e. The molecule has 1 fully saturated rings. The third-order valence-corrected chi connectivity index (χ3v) is 5.56. The van der Waals surface area contributed by atoms with Crippen LogP contribution in [0.4, 0.5) is 5.82 Å². The zero-order valence-corrected chi connectivity index (χ0v) is 16.3. The SMILES string of the molecule is CN(CC1CCN(CC(O)c2ccccc2)CC1)c1ccc2nccnc2n1. The molecule has 1 saturated heterocycles. The molecule has 2 aromatic heterocycles. The minimum absolute atomic E-state index is 0.414. The van der Waals surface area contributed by atoms with Crippen molar-refractivity contribution in [1.82, 2.24) is 19.9 Å². The van der Waals surface area contributed by atoms with Gasteiger partial charge in [0.05, 0.1) is 6.10 Å². The van der Waals surface area contributed by atoms with E-state index < -0.39 is 6.10 Å². The van der Waals surface area contributed by atoms with E-state index in [4.69, 9.17) is 0 Å². The molecule has 0 radical (unpaired) electrons. The summed E-state index contributed by atoms with van der Waals surface area (Å²) in [4.78, 5) is 17.8. The van der Waals surface area contributed by atoms with E-state index in [0.717, 1.165) is 49.4 Å². The first-order valence-corrected chi connectivity index (χ1v) is 9.93. The minimum Gasteiger partial charge on any atom is -0.387 e. The second-order valence-electron chi connectivity index (χ2n) is 7.62. The highest BCUT2D eigenvalue weighted by atomic mass is 16.3. The zero-order valence-electron chi connectivity index (χ0n) is 16.3. The molecule has 3 heterocycles. The standard InChI is InChI=1S/C22H27N5O/c1-26(21-8-7-19-22(25-21)24-12-11-23-19)15-17-9-13-27(14-10-17)16-20(28)18-5-3-2-4-6-18/h2-8,11-12,17,20,28H,9-10,13-16H2,1H3. The second-order valence-corrected chi connectivity index (χ2v) is 7.62. The van der Waals surface area contributed by atoms with Crippen molar-refractivity contribution in [1.29, 1.82) is 0 Å². The zero-order chi connectivity index (χ0) is 19.3. The van der Waals surface area contributed by atoms with Gasteiger partial charge in [0.2, 0.25) is 0 Å². The average Bonchev–Trinajstić information content (AvgIpc) is 2.75. The molecule has 0 amide bonds. The monoisotopic (exact) mass is 377 g/mol. The van der Waals surface area contributed by atoms with Crippen LogP contribution in [0.2, 0.25) is 0 Å². The average molecular weight is 377 g/mol. The maximum absolute atomic E-state index is 10.5. The van der Waals surface area contributed by atoms with Crippen molar-refractivity contribution in [2.75, 3.05) is 38.1 Å². The van der Waals surface area contributed by atoms with Gasteiger partial charge in [0.25, 0.3) is 0 Å². The van der Waals surface area contributed by atoms with Crippen LogP contribution >= 0.6 is 0 Å². The summed E-state index contributed by atoms with van der Waals surface area (Å²) < 4.78 is 0. The highest BCUT2D eigenvalue weighted by Crippen LogP contribution is 2.23. The number of rotatable bonds is 6. The summed E-state index contributed by atoms with van der Waals surface area (Å²) in [6, 6.07) is 13.9. The van der Waals surface area contributed by atoms with E-state index in [2.05, 4.69) is 31.8 Å². The maximum atomic E-state index is 10.5. The molecule has 1 aromatic carbocycles. The number of aliphatic hydroxyl groups is 1. The minimum atomic E-state index is -0.414.